The van der Waals surface area contributed by atoms with E-state index in [0.717, 1.165) is 0 Å². The normalized spacial score (nSPS) is 17.2. The number of carbonyl (C=O) groups excluding carboxylic acids is 2. The SMILES string of the molecule is NC(=O)C1=NN(CC(F)(F)F)C(=O)C1. The van der Waals surface area contributed by atoms with E-state index in [0.29, 0.717) is 0 Å². The smallest absolute Gasteiger partial charge is 0.364 e. The number of alkyl halides is 3. The second-order valence-corrected chi connectivity index (χ2v) is 2.65. The number of halogens is 3. The second kappa shape index (κ2) is 3.28. The molecule has 5 nitrogen and oxygen atoms in total. The molecule has 1 aliphatic rings. The molecule has 0 aromatic carbocycles. The van der Waals surface area contributed by atoms with E-state index in [1.54, 1.807) is 0 Å². The number of primary amides is 1. The van der Waals surface area contributed by atoms with Gasteiger partial charge in [-0.2, -0.15) is 18.3 Å². The van der Waals surface area contributed by atoms with Crippen LogP contribution in [0.25, 0.3) is 0 Å². The minimum absolute atomic E-state index is 0.195. The van der Waals surface area contributed by atoms with E-state index in [9.17, 15) is 22.8 Å². The first-order valence-corrected chi connectivity index (χ1v) is 3.54. The van der Waals surface area contributed by atoms with Crippen molar-refractivity contribution in [2.45, 2.75) is 12.6 Å². The largest absolute Gasteiger partial charge is 0.408 e. The molecule has 0 fully saturated rings. The van der Waals surface area contributed by atoms with Crippen molar-refractivity contribution in [1.29, 1.82) is 0 Å². The summed E-state index contributed by atoms with van der Waals surface area (Å²) >= 11 is 0. The van der Waals surface area contributed by atoms with E-state index in [4.69, 9.17) is 5.73 Å². The molecule has 0 aromatic rings. The molecule has 2 N–H and O–H groups in total. The summed E-state index contributed by atoms with van der Waals surface area (Å²) in [6, 6.07) is 0. The first-order valence-electron chi connectivity index (χ1n) is 3.54. The van der Waals surface area contributed by atoms with Crippen LogP contribution in [-0.2, 0) is 9.59 Å². The number of amides is 2. The lowest BCUT2D eigenvalue weighted by Gasteiger charge is -2.13. The predicted molar refractivity (Wildman–Crippen MR) is 39.0 cm³/mol. The second-order valence-electron chi connectivity index (χ2n) is 2.65. The van der Waals surface area contributed by atoms with Gasteiger partial charge in [-0.25, -0.2) is 5.01 Å². The van der Waals surface area contributed by atoms with Crippen molar-refractivity contribution in [2.75, 3.05) is 6.54 Å². The summed E-state index contributed by atoms with van der Waals surface area (Å²) < 4.78 is 35.5. The van der Waals surface area contributed by atoms with Crippen molar-refractivity contribution in [3.63, 3.8) is 0 Å². The Kier molecular flexibility index (Phi) is 2.45. The summed E-state index contributed by atoms with van der Waals surface area (Å²) in [5.41, 5.74) is 4.41. The van der Waals surface area contributed by atoms with Crippen molar-refractivity contribution in [2.24, 2.45) is 10.8 Å². The maximum atomic E-state index is 11.8. The highest BCUT2D eigenvalue weighted by molar-refractivity contribution is 6.42. The average molecular weight is 209 g/mol. The molecule has 2 amide bonds. The van der Waals surface area contributed by atoms with Crippen molar-refractivity contribution < 1.29 is 22.8 Å². The average Bonchev–Trinajstić information content (AvgIpc) is 2.29. The topological polar surface area (TPSA) is 75.8 Å². The van der Waals surface area contributed by atoms with Gasteiger partial charge in [-0.15, -0.1) is 0 Å². The Morgan fingerprint density at radius 2 is 2.14 bits per heavy atom. The minimum atomic E-state index is -4.54. The molecular weight excluding hydrogens is 203 g/mol. The van der Waals surface area contributed by atoms with Crippen molar-refractivity contribution in [3.05, 3.63) is 0 Å². The van der Waals surface area contributed by atoms with E-state index in [1.807, 2.05) is 0 Å². The van der Waals surface area contributed by atoms with Gasteiger partial charge in [-0.1, -0.05) is 0 Å². The minimum Gasteiger partial charge on any atom is -0.364 e. The van der Waals surface area contributed by atoms with Crippen LogP contribution in [0.4, 0.5) is 13.2 Å². The fraction of sp³-hybridized carbons (Fsp3) is 0.500. The summed E-state index contributed by atoms with van der Waals surface area (Å²) in [6.07, 6.45) is -5.00. The maximum absolute atomic E-state index is 11.8. The van der Waals surface area contributed by atoms with Gasteiger partial charge in [0.2, 0.25) is 5.91 Å². The van der Waals surface area contributed by atoms with Crippen LogP contribution in [-0.4, -0.2) is 35.3 Å². The Hall–Kier alpha value is -1.60. The molecule has 0 radical (unpaired) electrons. The van der Waals surface area contributed by atoms with Crippen molar-refractivity contribution >= 4 is 17.5 Å². The van der Waals surface area contributed by atoms with Crippen LogP contribution in [0.1, 0.15) is 6.42 Å². The number of carbonyl (C=O) groups is 2. The summed E-state index contributed by atoms with van der Waals surface area (Å²) in [6.45, 7) is -1.50. The van der Waals surface area contributed by atoms with Gasteiger partial charge in [-0.05, 0) is 0 Å². The van der Waals surface area contributed by atoms with Gasteiger partial charge < -0.3 is 5.73 Å². The molecular formula is C6H6F3N3O2. The number of rotatable bonds is 2. The molecule has 0 bridgehead atoms. The Bertz CT molecular complexity index is 310. The predicted octanol–water partition coefficient (Wildman–Crippen LogP) is -0.378. The molecule has 78 valence electrons. The van der Waals surface area contributed by atoms with Crippen LogP contribution >= 0.6 is 0 Å². The molecule has 0 aliphatic carbocycles. The van der Waals surface area contributed by atoms with E-state index in [1.165, 1.54) is 0 Å². The lowest BCUT2D eigenvalue weighted by molar-refractivity contribution is -0.159. The van der Waals surface area contributed by atoms with E-state index in [2.05, 4.69) is 5.10 Å². The van der Waals surface area contributed by atoms with Gasteiger partial charge >= 0.3 is 6.18 Å². The molecule has 0 atom stereocenters. The van der Waals surface area contributed by atoms with Gasteiger partial charge in [0.25, 0.3) is 5.91 Å². The zero-order valence-electron chi connectivity index (χ0n) is 6.84. The molecule has 0 aromatic heterocycles. The summed E-state index contributed by atoms with van der Waals surface area (Å²) in [7, 11) is 0. The third kappa shape index (κ3) is 2.44. The number of hydrogen-bond donors (Lipinski definition) is 1. The lowest BCUT2D eigenvalue weighted by Crippen LogP contribution is -2.32. The molecule has 1 aliphatic heterocycles. The van der Waals surface area contributed by atoms with Gasteiger partial charge in [0.1, 0.15) is 12.3 Å². The van der Waals surface area contributed by atoms with Crippen LogP contribution in [0.2, 0.25) is 0 Å². The molecule has 0 saturated heterocycles. The monoisotopic (exact) mass is 209 g/mol. The Balaban J connectivity index is 2.72. The highest BCUT2D eigenvalue weighted by Crippen LogP contribution is 2.19. The van der Waals surface area contributed by atoms with Crippen LogP contribution in [0.15, 0.2) is 5.10 Å². The van der Waals surface area contributed by atoms with Crippen LogP contribution in [0.3, 0.4) is 0 Å². The van der Waals surface area contributed by atoms with Crippen molar-refractivity contribution in [3.8, 4) is 0 Å². The molecule has 0 spiro atoms. The van der Waals surface area contributed by atoms with E-state index < -0.39 is 31.0 Å². The zero-order valence-corrected chi connectivity index (χ0v) is 6.84. The molecule has 8 heteroatoms. The summed E-state index contributed by atoms with van der Waals surface area (Å²) in [4.78, 5) is 21.4. The fourth-order valence-electron chi connectivity index (χ4n) is 0.901. The lowest BCUT2D eigenvalue weighted by atomic mass is 10.2. The van der Waals surface area contributed by atoms with Crippen LogP contribution in [0, 0.1) is 0 Å². The summed E-state index contributed by atoms with van der Waals surface area (Å²) in [5, 5.41) is 3.35. The molecule has 0 unspecified atom stereocenters. The number of hydrogen-bond acceptors (Lipinski definition) is 3. The van der Waals surface area contributed by atoms with Crippen LogP contribution in [0.5, 0.6) is 0 Å². The van der Waals surface area contributed by atoms with Gasteiger partial charge in [0.05, 0.1) is 6.42 Å². The number of hydrazone groups is 1. The molecule has 1 heterocycles. The Morgan fingerprint density at radius 3 is 2.50 bits per heavy atom. The molecule has 1 rings (SSSR count). The molecule has 0 saturated carbocycles. The number of nitrogens with two attached hydrogens (primary N) is 1. The molecule has 14 heavy (non-hydrogen) atoms. The highest BCUT2D eigenvalue weighted by Gasteiger charge is 2.37. The summed E-state index contributed by atoms with van der Waals surface area (Å²) in [5.74, 6) is -1.86. The van der Waals surface area contributed by atoms with Gasteiger partial charge in [0.15, 0.2) is 0 Å². The van der Waals surface area contributed by atoms with E-state index >= 15 is 0 Å². The standard InChI is InChI=1S/C6H6F3N3O2/c7-6(8,9)2-12-4(13)1-3(11-12)5(10)14/h1-2H2,(H2,10,14). The Morgan fingerprint density at radius 1 is 1.57 bits per heavy atom. The van der Waals surface area contributed by atoms with Gasteiger partial charge in [0, 0.05) is 0 Å². The van der Waals surface area contributed by atoms with Crippen molar-refractivity contribution in [1.82, 2.24) is 5.01 Å². The third-order valence-electron chi connectivity index (χ3n) is 1.46. The first-order chi connectivity index (χ1) is 6.29. The van der Waals surface area contributed by atoms with Crippen LogP contribution < -0.4 is 5.73 Å². The highest BCUT2D eigenvalue weighted by atomic mass is 19.4. The van der Waals surface area contributed by atoms with E-state index in [-0.39, 0.29) is 10.7 Å². The fourth-order valence-corrected chi connectivity index (χ4v) is 0.901. The number of nitrogens with zero attached hydrogens (tertiary/aromatic N) is 2. The third-order valence-corrected chi connectivity index (χ3v) is 1.46. The first kappa shape index (κ1) is 10.5. The van der Waals surface area contributed by atoms with Gasteiger partial charge in [-0.3, -0.25) is 9.59 Å². The quantitative estimate of drug-likeness (QED) is 0.673. The zero-order chi connectivity index (χ0) is 10.9. The Labute approximate surface area is 76.3 Å². The maximum Gasteiger partial charge on any atom is 0.408 e.